The van der Waals surface area contributed by atoms with Crippen LogP contribution in [0.4, 0.5) is 0 Å². The van der Waals surface area contributed by atoms with Gasteiger partial charge in [0.2, 0.25) is 0 Å². The predicted octanol–water partition coefficient (Wildman–Crippen LogP) is 5.20. The number of halogens is 1. The van der Waals surface area contributed by atoms with Gasteiger partial charge in [-0.3, -0.25) is 4.98 Å². The zero-order valence-corrected chi connectivity index (χ0v) is 14.0. The molecule has 3 rings (SSSR count). The zero-order valence-electron chi connectivity index (χ0n) is 12.4. The highest BCUT2D eigenvalue weighted by molar-refractivity contribution is 9.10. The number of pyridine rings is 1. The van der Waals surface area contributed by atoms with Gasteiger partial charge in [-0.1, -0.05) is 60.2 Å². The molecule has 1 aromatic carbocycles. The van der Waals surface area contributed by atoms with E-state index in [0.717, 1.165) is 16.5 Å². The van der Waals surface area contributed by atoms with Crippen LogP contribution in [0.1, 0.15) is 50.5 Å². The van der Waals surface area contributed by atoms with Crippen LogP contribution in [0.3, 0.4) is 0 Å². The number of rotatable bonds is 3. The van der Waals surface area contributed by atoms with Crippen molar-refractivity contribution in [1.82, 2.24) is 10.3 Å². The third kappa shape index (κ3) is 3.83. The Balaban J connectivity index is 1.71. The van der Waals surface area contributed by atoms with Gasteiger partial charge in [0.15, 0.2) is 0 Å². The van der Waals surface area contributed by atoms with Crippen LogP contribution in [-0.4, -0.2) is 11.0 Å². The summed E-state index contributed by atoms with van der Waals surface area (Å²) in [5, 5.41) is 4.97. The van der Waals surface area contributed by atoms with E-state index in [9.17, 15) is 0 Å². The molecule has 112 valence electrons. The van der Waals surface area contributed by atoms with Gasteiger partial charge < -0.3 is 5.32 Å². The minimum Gasteiger partial charge on any atom is -0.310 e. The van der Waals surface area contributed by atoms with Crippen molar-refractivity contribution in [3.8, 4) is 0 Å². The minimum absolute atomic E-state index is 0.674. The maximum atomic E-state index is 4.57. The quantitative estimate of drug-likeness (QED) is 0.825. The highest BCUT2D eigenvalue weighted by Crippen LogP contribution is 2.25. The molecule has 1 fully saturated rings. The van der Waals surface area contributed by atoms with Gasteiger partial charge in [-0.05, 0) is 30.5 Å². The predicted molar refractivity (Wildman–Crippen MR) is 92.4 cm³/mol. The van der Waals surface area contributed by atoms with Crippen LogP contribution < -0.4 is 5.32 Å². The summed E-state index contributed by atoms with van der Waals surface area (Å²) in [5.74, 6) is 0. The van der Waals surface area contributed by atoms with Gasteiger partial charge in [0.1, 0.15) is 0 Å². The van der Waals surface area contributed by atoms with Crippen molar-refractivity contribution >= 4 is 26.8 Å². The molecule has 0 spiro atoms. The molecule has 2 aromatic rings. The molecule has 0 bridgehead atoms. The number of aromatic nitrogens is 1. The largest absolute Gasteiger partial charge is 0.310 e. The highest BCUT2D eigenvalue weighted by Gasteiger charge is 2.12. The van der Waals surface area contributed by atoms with Crippen molar-refractivity contribution in [3.05, 3.63) is 40.5 Å². The van der Waals surface area contributed by atoms with Gasteiger partial charge in [-0.25, -0.2) is 0 Å². The molecule has 0 atom stereocenters. The average Bonchev–Trinajstić information content (AvgIpc) is 2.48. The lowest BCUT2D eigenvalue weighted by molar-refractivity contribution is 0.389. The Morgan fingerprint density at radius 3 is 2.62 bits per heavy atom. The first kappa shape index (κ1) is 15.0. The molecule has 0 aliphatic heterocycles. The Bertz CT molecular complexity index is 589. The van der Waals surface area contributed by atoms with Gasteiger partial charge in [0, 0.05) is 28.6 Å². The second kappa shape index (κ2) is 7.37. The number of nitrogens with zero attached hydrogens (tertiary/aromatic N) is 1. The summed E-state index contributed by atoms with van der Waals surface area (Å²) in [7, 11) is 0. The fraction of sp³-hybridized carbons (Fsp3) is 0.500. The third-order valence-corrected chi connectivity index (χ3v) is 5.18. The maximum Gasteiger partial charge on any atom is 0.0758 e. The number of hydrogen-bond donors (Lipinski definition) is 1. The van der Waals surface area contributed by atoms with Crippen LogP contribution in [0.25, 0.3) is 10.9 Å². The monoisotopic (exact) mass is 346 g/mol. The van der Waals surface area contributed by atoms with Gasteiger partial charge in [0.25, 0.3) is 0 Å². The van der Waals surface area contributed by atoms with E-state index in [1.165, 1.54) is 55.9 Å². The molecular weight excluding hydrogens is 324 g/mol. The number of fused-ring (bicyclic) bond motifs is 1. The first-order valence-corrected chi connectivity index (χ1v) is 8.89. The van der Waals surface area contributed by atoms with E-state index in [1.54, 1.807) is 0 Å². The van der Waals surface area contributed by atoms with E-state index in [-0.39, 0.29) is 0 Å². The average molecular weight is 347 g/mol. The van der Waals surface area contributed by atoms with Crippen molar-refractivity contribution in [1.29, 1.82) is 0 Å². The second-order valence-electron chi connectivity index (χ2n) is 6.03. The normalized spacial score (nSPS) is 17.6. The summed E-state index contributed by atoms with van der Waals surface area (Å²) in [4.78, 5) is 4.57. The lowest BCUT2D eigenvalue weighted by Crippen LogP contribution is -2.29. The standard InChI is InChI=1S/C18H23BrN2/c19-17-11-10-14(18-16(17)9-6-12-20-18)13-21-15-7-4-2-1-3-5-8-15/h6,9-12,15,21H,1-5,7-8,13H2. The van der Waals surface area contributed by atoms with Crippen LogP contribution in [0.15, 0.2) is 34.9 Å². The van der Waals surface area contributed by atoms with Crippen molar-refractivity contribution in [3.63, 3.8) is 0 Å². The summed E-state index contributed by atoms with van der Waals surface area (Å²) in [5.41, 5.74) is 2.42. The van der Waals surface area contributed by atoms with E-state index >= 15 is 0 Å². The van der Waals surface area contributed by atoms with Crippen LogP contribution in [0.5, 0.6) is 0 Å². The first-order chi connectivity index (χ1) is 10.3. The van der Waals surface area contributed by atoms with E-state index in [1.807, 2.05) is 12.3 Å². The number of benzene rings is 1. The van der Waals surface area contributed by atoms with Crippen LogP contribution in [0, 0.1) is 0 Å². The van der Waals surface area contributed by atoms with Crippen LogP contribution >= 0.6 is 15.9 Å². The molecule has 1 aliphatic rings. The van der Waals surface area contributed by atoms with Gasteiger partial charge in [-0.15, -0.1) is 0 Å². The molecule has 3 heteroatoms. The maximum absolute atomic E-state index is 4.57. The molecule has 21 heavy (non-hydrogen) atoms. The van der Waals surface area contributed by atoms with Crippen molar-refractivity contribution in [2.75, 3.05) is 0 Å². The topological polar surface area (TPSA) is 24.9 Å². The van der Waals surface area contributed by atoms with E-state index in [0.29, 0.717) is 6.04 Å². The Labute approximate surface area is 135 Å². The summed E-state index contributed by atoms with van der Waals surface area (Å²) >= 11 is 3.62. The van der Waals surface area contributed by atoms with E-state index in [2.05, 4.69) is 44.4 Å². The lowest BCUT2D eigenvalue weighted by Gasteiger charge is -2.21. The number of hydrogen-bond acceptors (Lipinski definition) is 2. The summed E-state index contributed by atoms with van der Waals surface area (Å²) in [6.07, 6.45) is 11.5. The molecule has 1 aliphatic carbocycles. The van der Waals surface area contributed by atoms with Gasteiger partial charge >= 0.3 is 0 Å². The van der Waals surface area contributed by atoms with E-state index in [4.69, 9.17) is 0 Å². The van der Waals surface area contributed by atoms with E-state index < -0.39 is 0 Å². The van der Waals surface area contributed by atoms with Crippen molar-refractivity contribution in [2.24, 2.45) is 0 Å². The Morgan fingerprint density at radius 2 is 1.81 bits per heavy atom. The SMILES string of the molecule is Brc1ccc(CNC2CCCCCCC2)c2ncccc12. The van der Waals surface area contributed by atoms with Gasteiger partial charge in [-0.2, -0.15) is 0 Å². The molecule has 1 saturated carbocycles. The molecule has 1 aromatic heterocycles. The minimum atomic E-state index is 0.674. The molecule has 1 N–H and O–H groups in total. The van der Waals surface area contributed by atoms with Crippen LogP contribution in [0.2, 0.25) is 0 Å². The molecule has 0 radical (unpaired) electrons. The van der Waals surface area contributed by atoms with Crippen molar-refractivity contribution in [2.45, 2.75) is 57.5 Å². The molecule has 0 amide bonds. The fourth-order valence-electron chi connectivity index (χ4n) is 3.25. The molecular formula is C18H23BrN2. The Morgan fingerprint density at radius 1 is 1.05 bits per heavy atom. The fourth-order valence-corrected chi connectivity index (χ4v) is 3.71. The van der Waals surface area contributed by atoms with Crippen LogP contribution in [-0.2, 0) is 6.54 Å². The van der Waals surface area contributed by atoms with Crippen molar-refractivity contribution < 1.29 is 0 Å². The Hall–Kier alpha value is -0.930. The molecule has 2 nitrogen and oxygen atoms in total. The molecule has 1 heterocycles. The summed E-state index contributed by atoms with van der Waals surface area (Å²) < 4.78 is 1.13. The smallest absolute Gasteiger partial charge is 0.0758 e. The summed E-state index contributed by atoms with van der Waals surface area (Å²) in [6.45, 7) is 0.922. The Kier molecular flexibility index (Phi) is 5.26. The van der Waals surface area contributed by atoms with Gasteiger partial charge in [0.05, 0.1) is 5.52 Å². The zero-order chi connectivity index (χ0) is 14.5. The third-order valence-electron chi connectivity index (χ3n) is 4.49. The second-order valence-corrected chi connectivity index (χ2v) is 6.88. The molecule has 0 unspecified atom stereocenters. The summed E-state index contributed by atoms with van der Waals surface area (Å²) in [6, 6.07) is 9.13. The molecule has 0 saturated heterocycles. The highest BCUT2D eigenvalue weighted by atomic mass is 79.9. The number of nitrogens with one attached hydrogen (secondary N) is 1. The first-order valence-electron chi connectivity index (χ1n) is 8.10. The lowest BCUT2D eigenvalue weighted by atomic mass is 9.96.